The van der Waals surface area contributed by atoms with Crippen molar-refractivity contribution in [3.8, 4) is 11.5 Å². The molecule has 0 amide bonds. The van der Waals surface area contributed by atoms with E-state index in [1.807, 2.05) is 24.3 Å². The summed E-state index contributed by atoms with van der Waals surface area (Å²) in [5, 5.41) is 12.5. The second-order valence-electron chi connectivity index (χ2n) is 5.24. The van der Waals surface area contributed by atoms with Crippen LogP contribution in [0.15, 0.2) is 41.1 Å². The third kappa shape index (κ3) is 6.28. The molecule has 0 fully saturated rings. The van der Waals surface area contributed by atoms with Crippen LogP contribution in [-0.4, -0.2) is 29.8 Å². The van der Waals surface area contributed by atoms with Crippen molar-refractivity contribution in [1.82, 2.24) is 10.3 Å². The number of nitrogens with one attached hydrogen (secondary N) is 1. The monoisotopic (exact) mass is 416 g/mol. The molecule has 2 rings (SSSR count). The third-order valence-electron chi connectivity index (χ3n) is 3.16. The predicted octanol–water partition coefficient (Wildman–Crippen LogP) is 3.32. The lowest BCUT2D eigenvalue weighted by Crippen LogP contribution is -2.23. The standard InChI is InChI=1S/C17H21BrN2O3.ClH/c1-12(21)8-20-10-14-6-15(18)17(16(7-14)22-2)23-11-13-4-3-5-19-9-13;/h3-7,9,12,20-21H,8,10-11H2,1-2H3;1H. The number of halogens is 2. The molecule has 1 atom stereocenters. The summed E-state index contributed by atoms with van der Waals surface area (Å²) in [6.07, 6.45) is 3.13. The van der Waals surface area contributed by atoms with E-state index < -0.39 is 0 Å². The lowest BCUT2D eigenvalue weighted by molar-refractivity contribution is 0.191. The molecular formula is C17H22BrClN2O3. The Balaban J connectivity index is 0.00000288. The fourth-order valence-corrected chi connectivity index (χ4v) is 2.68. The van der Waals surface area contributed by atoms with E-state index in [4.69, 9.17) is 9.47 Å². The smallest absolute Gasteiger partial charge is 0.175 e. The number of aliphatic hydroxyl groups excluding tert-OH is 1. The average molecular weight is 418 g/mol. The molecule has 0 saturated heterocycles. The summed E-state index contributed by atoms with van der Waals surface area (Å²) < 4.78 is 12.1. The lowest BCUT2D eigenvalue weighted by atomic mass is 10.2. The van der Waals surface area contributed by atoms with Crippen molar-refractivity contribution in [2.24, 2.45) is 0 Å². The second-order valence-corrected chi connectivity index (χ2v) is 6.09. The van der Waals surface area contributed by atoms with Crippen LogP contribution >= 0.6 is 28.3 Å². The van der Waals surface area contributed by atoms with Crippen LogP contribution in [0.4, 0.5) is 0 Å². The molecule has 0 aliphatic heterocycles. The van der Waals surface area contributed by atoms with Crippen molar-refractivity contribution < 1.29 is 14.6 Å². The Morgan fingerprint density at radius 3 is 2.75 bits per heavy atom. The van der Waals surface area contributed by atoms with Gasteiger partial charge in [0.2, 0.25) is 0 Å². The first-order valence-electron chi connectivity index (χ1n) is 7.37. The zero-order valence-corrected chi connectivity index (χ0v) is 16.1. The van der Waals surface area contributed by atoms with Crippen LogP contribution in [-0.2, 0) is 13.2 Å². The highest BCUT2D eigenvalue weighted by atomic mass is 79.9. The van der Waals surface area contributed by atoms with Crippen LogP contribution in [0, 0.1) is 0 Å². The maximum absolute atomic E-state index is 9.29. The minimum atomic E-state index is -0.373. The van der Waals surface area contributed by atoms with Crippen molar-refractivity contribution in [3.05, 3.63) is 52.3 Å². The van der Waals surface area contributed by atoms with Gasteiger partial charge in [-0.05, 0) is 46.6 Å². The summed E-state index contributed by atoms with van der Waals surface area (Å²) in [6.45, 7) is 3.35. The van der Waals surface area contributed by atoms with Gasteiger partial charge in [0.25, 0.3) is 0 Å². The Kier molecular flexibility index (Phi) is 9.07. The van der Waals surface area contributed by atoms with Gasteiger partial charge in [0.05, 0.1) is 17.7 Å². The Bertz CT molecular complexity index is 627. The Labute approximate surface area is 156 Å². The molecule has 2 aromatic rings. The summed E-state index contributed by atoms with van der Waals surface area (Å²) in [6, 6.07) is 7.75. The largest absolute Gasteiger partial charge is 0.493 e. The molecule has 1 unspecified atom stereocenters. The Morgan fingerprint density at radius 2 is 2.12 bits per heavy atom. The zero-order chi connectivity index (χ0) is 16.7. The second kappa shape index (κ2) is 10.5. The highest BCUT2D eigenvalue weighted by molar-refractivity contribution is 9.10. The number of methoxy groups -OCH3 is 1. The van der Waals surface area contributed by atoms with E-state index >= 15 is 0 Å². The molecule has 132 valence electrons. The minimum absolute atomic E-state index is 0. The lowest BCUT2D eigenvalue weighted by Gasteiger charge is -2.15. The van der Waals surface area contributed by atoms with Crippen molar-refractivity contribution in [2.45, 2.75) is 26.2 Å². The predicted molar refractivity (Wildman–Crippen MR) is 99.9 cm³/mol. The van der Waals surface area contributed by atoms with Crippen LogP contribution in [0.1, 0.15) is 18.1 Å². The van der Waals surface area contributed by atoms with Gasteiger partial charge in [-0.25, -0.2) is 0 Å². The van der Waals surface area contributed by atoms with E-state index in [1.54, 1.807) is 26.4 Å². The van der Waals surface area contributed by atoms with E-state index in [0.717, 1.165) is 15.6 Å². The van der Waals surface area contributed by atoms with Crippen molar-refractivity contribution in [1.29, 1.82) is 0 Å². The number of rotatable bonds is 8. The maximum Gasteiger partial charge on any atom is 0.175 e. The molecule has 1 aromatic carbocycles. The minimum Gasteiger partial charge on any atom is -0.493 e. The molecule has 0 spiro atoms. The van der Waals surface area contributed by atoms with Crippen molar-refractivity contribution in [3.63, 3.8) is 0 Å². The maximum atomic E-state index is 9.29. The van der Waals surface area contributed by atoms with Crippen LogP contribution < -0.4 is 14.8 Å². The molecule has 24 heavy (non-hydrogen) atoms. The number of benzene rings is 1. The van der Waals surface area contributed by atoms with Crippen LogP contribution in [0.25, 0.3) is 0 Å². The number of ether oxygens (including phenoxy) is 2. The third-order valence-corrected chi connectivity index (χ3v) is 3.75. The summed E-state index contributed by atoms with van der Waals surface area (Å²) >= 11 is 3.54. The van der Waals surface area contributed by atoms with Gasteiger partial charge in [0.15, 0.2) is 11.5 Å². The zero-order valence-electron chi connectivity index (χ0n) is 13.7. The van der Waals surface area contributed by atoms with E-state index in [0.29, 0.717) is 31.2 Å². The highest BCUT2D eigenvalue weighted by Crippen LogP contribution is 2.37. The fourth-order valence-electron chi connectivity index (χ4n) is 2.08. The number of aromatic nitrogens is 1. The topological polar surface area (TPSA) is 63.6 Å². The number of nitrogens with zero attached hydrogens (tertiary/aromatic N) is 1. The van der Waals surface area contributed by atoms with Gasteiger partial charge in [0, 0.05) is 31.0 Å². The summed E-state index contributed by atoms with van der Waals surface area (Å²) in [5.41, 5.74) is 2.03. The quantitative estimate of drug-likeness (QED) is 0.690. The van der Waals surface area contributed by atoms with Crippen LogP contribution in [0.3, 0.4) is 0 Å². The molecule has 1 aromatic heterocycles. The van der Waals surface area contributed by atoms with Crippen LogP contribution in [0.2, 0.25) is 0 Å². The number of aliphatic hydroxyl groups is 1. The Morgan fingerprint density at radius 1 is 1.33 bits per heavy atom. The molecular weight excluding hydrogens is 396 g/mol. The van der Waals surface area contributed by atoms with Crippen molar-refractivity contribution in [2.75, 3.05) is 13.7 Å². The summed E-state index contributed by atoms with van der Waals surface area (Å²) in [7, 11) is 1.62. The summed E-state index contributed by atoms with van der Waals surface area (Å²) in [4.78, 5) is 4.07. The normalized spacial score (nSPS) is 11.5. The van der Waals surface area contributed by atoms with Gasteiger partial charge >= 0.3 is 0 Å². The molecule has 0 saturated carbocycles. The van der Waals surface area contributed by atoms with Gasteiger partial charge in [0.1, 0.15) is 6.61 Å². The molecule has 2 N–H and O–H groups in total. The van der Waals surface area contributed by atoms with E-state index in [-0.39, 0.29) is 18.5 Å². The van der Waals surface area contributed by atoms with Gasteiger partial charge < -0.3 is 19.9 Å². The highest BCUT2D eigenvalue weighted by Gasteiger charge is 2.12. The number of hydrogen-bond donors (Lipinski definition) is 2. The molecule has 5 nitrogen and oxygen atoms in total. The summed E-state index contributed by atoms with van der Waals surface area (Å²) in [5.74, 6) is 1.33. The van der Waals surface area contributed by atoms with Gasteiger partial charge in [-0.3, -0.25) is 4.98 Å². The fraction of sp³-hybridized carbons (Fsp3) is 0.353. The van der Waals surface area contributed by atoms with Gasteiger partial charge in [-0.15, -0.1) is 12.4 Å². The van der Waals surface area contributed by atoms with Crippen molar-refractivity contribution >= 4 is 28.3 Å². The Hall–Kier alpha value is -1.34. The first-order valence-corrected chi connectivity index (χ1v) is 8.16. The van der Waals surface area contributed by atoms with E-state index in [1.165, 1.54) is 0 Å². The molecule has 0 bridgehead atoms. The SMILES string of the molecule is COc1cc(CNCC(C)O)cc(Br)c1OCc1cccnc1.Cl. The first kappa shape index (κ1) is 20.7. The number of pyridine rings is 1. The average Bonchev–Trinajstić information content (AvgIpc) is 2.54. The molecule has 7 heteroatoms. The van der Waals surface area contributed by atoms with E-state index in [9.17, 15) is 5.11 Å². The van der Waals surface area contributed by atoms with E-state index in [2.05, 4.69) is 26.2 Å². The molecule has 0 aliphatic rings. The van der Waals surface area contributed by atoms with Gasteiger partial charge in [-0.2, -0.15) is 0 Å². The first-order chi connectivity index (χ1) is 11.1. The van der Waals surface area contributed by atoms with Gasteiger partial charge in [-0.1, -0.05) is 6.07 Å². The molecule has 0 radical (unpaired) electrons. The number of hydrogen-bond acceptors (Lipinski definition) is 5. The van der Waals surface area contributed by atoms with Crippen LogP contribution in [0.5, 0.6) is 11.5 Å². The molecule has 0 aliphatic carbocycles. The molecule has 1 heterocycles.